The second-order valence-corrected chi connectivity index (χ2v) is 14.5. The molecule has 11 unspecified atom stereocenters. The highest BCUT2D eigenvalue weighted by atomic mass is 16.4. The zero-order valence-electron chi connectivity index (χ0n) is 22.7. The number of allylic oxidation sites excluding steroid dienone is 1. The van der Waals surface area contributed by atoms with Crippen LogP contribution in [0.1, 0.15) is 99.3 Å². The molecule has 4 N–H and O–H groups in total. The molecule has 11 atom stereocenters. The Balaban J connectivity index is 1.44. The van der Waals surface area contributed by atoms with Gasteiger partial charge in [0.15, 0.2) is 0 Å². The fourth-order valence-corrected chi connectivity index (χ4v) is 11.2. The van der Waals surface area contributed by atoms with Crippen molar-refractivity contribution in [3.05, 3.63) is 11.6 Å². The molecule has 198 valence electrons. The third-order valence-corrected chi connectivity index (χ3v) is 13.3. The first-order chi connectivity index (χ1) is 16.2. The van der Waals surface area contributed by atoms with E-state index < -0.39 is 5.97 Å². The molecule has 0 radical (unpaired) electrons. The van der Waals surface area contributed by atoms with Crippen molar-refractivity contribution in [2.75, 3.05) is 0 Å². The van der Waals surface area contributed by atoms with Gasteiger partial charge in [-0.25, -0.2) is 4.79 Å². The average molecular weight is 489 g/mol. The molecule has 0 aromatic carbocycles. The lowest BCUT2D eigenvalue weighted by Crippen LogP contribution is -2.63. The van der Waals surface area contributed by atoms with Crippen LogP contribution in [0.15, 0.2) is 11.6 Å². The summed E-state index contributed by atoms with van der Waals surface area (Å²) in [6.07, 6.45) is 8.99. The summed E-state index contributed by atoms with van der Waals surface area (Å²) in [6, 6.07) is 0. The molecule has 0 bridgehead atoms. The molecule has 0 aromatic heterocycles. The Morgan fingerprint density at radius 2 is 1.66 bits per heavy atom. The fourth-order valence-electron chi connectivity index (χ4n) is 11.2. The maximum Gasteiger partial charge on any atom is 0.330 e. The molecule has 0 heterocycles. The van der Waals surface area contributed by atoms with Gasteiger partial charge in [0.05, 0.1) is 18.3 Å². The minimum Gasteiger partial charge on any atom is -0.478 e. The Morgan fingerprint density at radius 1 is 1.00 bits per heavy atom. The largest absolute Gasteiger partial charge is 0.478 e. The minimum absolute atomic E-state index is 0.109. The molecule has 35 heavy (non-hydrogen) atoms. The van der Waals surface area contributed by atoms with Crippen molar-refractivity contribution >= 4 is 5.97 Å². The zero-order chi connectivity index (χ0) is 25.8. The van der Waals surface area contributed by atoms with Gasteiger partial charge in [0, 0.05) is 16.4 Å². The molecule has 5 fully saturated rings. The maximum atomic E-state index is 12.0. The zero-order valence-corrected chi connectivity index (χ0v) is 22.7. The van der Waals surface area contributed by atoms with Crippen LogP contribution in [0.4, 0.5) is 0 Å². The molecule has 0 aliphatic heterocycles. The summed E-state index contributed by atoms with van der Waals surface area (Å²) in [7, 11) is 0. The van der Waals surface area contributed by atoms with E-state index in [0.29, 0.717) is 29.2 Å². The molecule has 5 aliphatic rings. The summed E-state index contributed by atoms with van der Waals surface area (Å²) >= 11 is 0. The van der Waals surface area contributed by atoms with Crippen LogP contribution in [0.25, 0.3) is 0 Å². The van der Waals surface area contributed by atoms with Crippen LogP contribution in [-0.2, 0) is 4.79 Å². The molecular formula is C30H48O5. The smallest absolute Gasteiger partial charge is 0.330 e. The van der Waals surface area contributed by atoms with E-state index in [0.717, 1.165) is 57.8 Å². The molecule has 0 saturated heterocycles. The van der Waals surface area contributed by atoms with Crippen molar-refractivity contribution in [1.82, 2.24) is 0 Å². The Morgan fingerprint density at radius 3 is 2.31 bits per heavy atom. The Labute approximate surface area is 211 Å². The first kappa shape index (κ1) is 25.7. The molecule has 5 saturated carbocycles. The minimum atomic E-state index is -0.860. The van der Waals surface area contributed by atoms with E-state index in [1.165, 1.54) is 0 Å². The van der Waals surface area contributed by atoms with Crippen molar-refractivity contribution in [3.63, 3.8) is 0 Å². The Bertz CT molecular complexity index is 926. The summed E-state index contributed by atoms with van der Waals surface area (Å²) < 4.78 is 0. The predicted octanol–water partition coefficient (Wildman–Crippen LogP) is 5.18. The second kappa shape index (κ2) is 7.80. The highest BCUT2D eigenvalue weighted by Crippen LogP contribution is 2.88. The Hall–Kier alpha value is -0.910. The highest BCUT2D eigenvalue weighted by molar-refractivity contribution is 5.85. The number of aliphatic carboxylic acids is 1. The Kier molecular flexibility index (Phi) is 5.73. The maximum absolute atomic E-state index is 12.0. The number of aliphatic hydroxyl groups excluding tert-OH is 3. The second-order valence-electron chi connectivity index (χ2n) is 14.5. The summed E-state index contributed by atoms with van der Waals surface area (Å²) in [5.74, 6) is 0.554. The van der Waals surface area contributed by atoms with Crippen LogP contribution in [-0.4, -0.2) is 44.7 Å². The number of aliphatic hydroxyl groups is 3. The van der Waals surface area contributed by atoms with Gasteiger partial charge in [0.1, 0.15) is 0 Å². The van der Waals surface area contributed by atoms with Crippen LogP contribution in [0, 0.1) is 50.7 Å². The number of rotatable bonds is 5. The van der Waals surface area contributed by atoms with Crippen molar-refractivity contribution in [3.8, 4) is 0 Å². The van der Waals surface area contributed by atoms with Crippen LogP contribution in [0.3, 0.4) is 0 Å². The van der Waals surface area contributed by atoms with Gasteiger partial charge in [-0.1, -0.05) is 40.7 Å². The lowest BCUT2D eigenvalue weighted by molar-refractivity contribution is -0.218. The monoisotopic (exact) mass is 488 g/mol. The van der Waals surface area contributed by atoms with E-state index in [1.54, 1.807) is 6.92 Å². The van der Waals surface area contributed by atoms with E-state index >= 15 is 0 Å². The topological polar surface area (TPSA) is 98.0 Å². The van der Waals surface area contributed by atoms with E-state index in [-0.39, 0.29) is 45.4 Å². The van der Waals surface area contributed by atoms with E-state index in [9.17, 15) is 25.2 Å². The van der Waals surface area contributed by atoms with Crippen LogP contribution in [0.5, 0.6) is 0 Å². The molecule has 5 nitrogen and oxygen atoms in total. The molecular weight excluding hydrogens is 440 g/mol. The third-order valence-electron chi connectivity index (χ3n) is 13.3. The van der Waals surface area contributed by atoms with Crippen LogP contribution < -0.4 is 0 Å². The van der Waals surface area contributed by atoms with Crippen molar-refractivity contribution < 1.29 is 25.2 Å². The van der Waals surface area contributed by atoms with Gasteiger partial charge in [0.2, 0.25) is 0 Å². The van der Waals surface area contributed by atoms with Gasteiger partial charge >= 0.3 is 5.97 Å². The van der Waals surface area contributed by atoms with Gasteiger partial charge in [0.25, 0.3) is 0 Å². The molecule has 5 heteroatoms. The van der Waals surface area contributed by atoms with Crippen molar-refractivity contribution in [1.29, 1.82) is 0 Å². The van der Waals surface area contributed by atoms with Crippen LogP contribution in [0.2, 0.25) is 0 Å². The quantitative estimate of drug-likeness (QED) is 0.400. The summed E-state index contributed by atoms with van der Waals surface area (Å²) in [6.45, 7) is 13.1. The van der Waals surface area contributed by atoms with E-state index in [2.05, 4.69) is 34.6 Å². The van der Waals surface area contributed by atoms with Crippen LogP contribution >= 0.6 is 0 Å². The van der Waals surface area contributed by atoms with Crippen molar-refractivity contribution in [2.45, 2.75) is 118 Å². The van der Waals surface area contributed by atoms with Crippen molar-refractivity contribution in [2.24, 2.45) is 50.7 Å². The fraction of sp³-hybridized carbons (Fsp3) is 0.900. The number of hydrogen-bond acceptors (Lipinski definition) is 4. The SMILES string of the molecule is CC(=CCCC(C)C1CC(O)C2(C)C3CCC4C(C)(C)C(O)CCC45CC35C(O)CC12C)C(=O)O. The number of carboxylic acids is 1. The number of fused-ring (bicyclic) bond motifs is 2. The molecule has 0 amide bonds. The summed E-state index contributed by atoms with van der Waals surface area (Å²) in [4.78, 5) is 11.2. The van der Waals surface area contributed by atoms with Gasteiger partial charge in [-0.05, 0) is 105 Å². The predicted molar refractivity (Wildman–Crippen MR) is 135 cm³/mol. The number of carbonyl (C=O) groups is 1. The highest BCUT2D eigenvalue weighted by Gasteiger charge is 2.85. The molecule has 0 aromatic rings. The van der Waals surface area contributed by atoms with E-state index in [1.807, 2.05) is 6.08 Å². The van der Waals surface area contributed by atoms with E-state index in [4.69, 9.17) is 0 Å². The number of hydrogen-bond donors (Lipinski definition) is 4. The number of carboxylic acid groups (broad SMARTS) is 1. The third kappa shape index (κ3) is 3.01. The van der Waals surface area contributed by atoms with Gasteiger partial charge in [-0.2, -0.15) is 0 Å². The standard InChI is InChI=1S/C30H48O5/c1-17(8-7-9-18(2)25(34)35)19-14-23(32)28(6)21-11-10-20-26(3,4)22(31)12-13-29(20)16-30(21,29)24(33)15-27(19,28)5/h9,17,19-24,31-33H,7-8,10-16H2,1-6H3,(H,34,35). The summed E-state index contributed by atoms with van der Waals surface area (Å²) in [5, 5.41) is 43.7. The van der Waals surface area contributed by atoms with Gasteiger partial charge in [-0.3, -0.25) is 0 Å². The molecule has 2 spiro atoms. The first-order valence-electron chi connectivity index (χ1n) is 14.1. The summed E-state index contributed by atoms with van der Waals surface area (Å²) in [5.41, 5.74) is -0.0978. The average Bonchev–Trinajstić information content (AvgIpc) is 3.43. The molecule has 5 rings (SSSR count). The molecule has 5 aliphatic carbocycles. The lowest BCUT2D eigenvalue weighted by Gasteiger charge is -2.65. The normalized spacial score (nSPS) is 53.1. The van der Waals surface area contributed by atoms with Gasteiger partial charge in [-0.15, -0.1) is 0 Å². The first-order valence-corrected chi connectivity index (χ1v) is 14.1. The van der Waals surface area contributed by atoms with Gasteiger partial charge < -0.3 is 20.4 Å². The lowest BCUT2D eigenvalue weighted by atomic mass is 9.40.